The number of aliphatic hydroxyl groups excluding tert-OH is 1. The highest BCUT2D eigenvalue weighted by atomic mass is 19.1. The molecule has 2 heterocycles. The van der Waals surface area contributed by atoms with Crippen molar-refractivity contribution in [2.24, 2.45) is 0 Å². The van der Waals surface area contributed by atoms with Gasteiger partial charge in [-0.3, -0.25) is 4.98 Å². The summed E-state index contributed by atoms with van der Waals surface area (Å²) in [6.07, 6.45) is 5.51. The highest BCUT2D eigenvalue weighted by Crippen LogP contribution is 2.26. The van der Waals surface area contributed by atoms with Crippen molar-refractivity contribution in [1.82, 2.24) is 9.97 Å². The van der Waals surface area contributed by atoms with Crippen LogP contribution in [-0.2, 0) is 6.61 Å². The summed E-state index contributed by atoms with van der Waals surface area (Å²) in [7, 11) is 0. The van der Waals surface area contributed by atoms with E-state index in [-0.39, 0.29) is 12.4 Å². The van der Waals surface area contributed by atoms with Crippen molar-refractivity contribution in [2.45, 2.75) is 25.9 Å². The van der Waals surface area contributed by atoms with Gasteiger partial charge in [-0.1, -0.05) is 12.1 Å². The second-order valence-electron chi connectivity index (χ2n) is 6.44. The maximum Gasteiger partial charge on any atom is 0.147 e. The molecule has 0 atom stereocenters. The number of aliphatic hydroxyl groups is 1. The summed E-state index contributed by atoms with van der Waals surface area (Å²) in [4.78, 5) is 11.6. The third-order valence-electron chi connectivity index (χ3n) is 4.76. The Morgan fingerprint density at radius 1 is 0.960 bits per heavy atom. The molecule has 128 valence electrons. The standard InChI is InChI=1S/C20H20FN3O/c21-17-6-4-14(10-16(17)13-25)15-5-7-18-19(11-15)23-20(12-22-18)24-8-2-1-3-9-24/h4-7,10-12,25H,1-3,8-9,13H2. The largest absolute Gasteiger partial charge is 0.392 e. The zero-order valence-electron chi connectivity index (χ0n) is 14.0. The maximum absolute atomic E-state index is 13.6. The summed E-state index contributed by atoms with van der Waals surface area (Å²) >= 11 is 0. The van der Waals surface area contributed by atoms with E-state index in [2.05, 4.69) is 9.88 Å². The van der Waals surface area contributed by atoms with E-state index in [9.17, 15) is 9.50 Å². The first-order valence-electron chi connectivity index (χ1n) is 8.66. The van der Waals surface area contributed by atoms with Gasteiger partial charge in [0, 0.05) is 18.7 Å². The summed E-state index contributed by atoms with van der Waals surface area (Å²) in [5, 5.41) is 9.27. The minimum absolute atomic E-state index is 0.297. The van der Waals surface area contributed by atoms with E-state index in [4.69, 9.17) is 4.98 Å². The minimum Gasteiger partial charge on any atom is -0.392 e. The summed E-state index contributed by atoms with van der Waals surface area (Å²) in [6.45, 7) is 1.74. The molecule has 1 saturated heterocycles. The molecule has 5 heteroatoms. The number of halogens is 1. The molecule has 0 spiro atoms. The van der Waals surface area contributed by atoms with Gasteiger partial charge >= 0.3 is 0 Å². The Labute approximate surface area is 146 Å². The Hall–Kier alpha value is -2.53. The van der Waals surface area contributed by atoms with E-state index in [1.54, 1.807) is 12.1 Å². The molecule has 0 saturated carbocycles. The Morgan fingerprint density at radius 2 is 1.72 bits per heavy atom. The molecular weight excluding hydrogens is 317 g/mol. The Morgan fingerprint density at radius 3 is 2.52 bits per heavy atom. The van der Waals surface area contributed by atoms with Gasteiger partial charge in [-0.05, 0) is 54.7 Å². The fraction of sp³-hybridized carbons (Fsp3) is 0.300. The van der Waals surface area contributed by atoms with Crippen molar-refractivity contribution in [3.63, 3.8) is 0 Å². The predicted molar refractivity (Wildman–Crippen MR) is 96.9 cm³/mol. The van der Waals surface area contributed by atoms with E-state index in [0.29, 0.717) is 5.56 Å². The lowest BCUT2D eigenvalue weighted by atomic mass is 10.0. The summed E-state index contributed by atoms with van der Waals surface area (Å²) < 4.78 is 13.6. The van der Waals surface area contributed by atoms with Gasteiger partial charge in [-0.2, -0.15) is 0 Å². The molecule has 25 heavy (non-hydrogen) atoms. The molecule has 4 rings (SSSR count). The van der Waals surface area contributed by atoms with Crippen molar-refractivity contribution in [3.05, 3.63) is 54.0 Å². The number of aromatic nitrogens is 2. The molecule has 0 unspecified atom stereocenters. The Bertz CT molecular complexity index is 907. The molecule has 0 bridgehead atoms. The predicted octanol–water partition coefficient (Wildman–Crippen LogP) is 3.92. The lowest BCUT2D eigenvalue weighted by molar-refractivity contribution is 0.276. The van der Waals surface area contributed by atoms with E-state index >= 15 is 0 Å². The van der Waals surface area contributed by atoms with E-state index in [0.717, 1.165) is 41.1 Å². The van der Waals surface area contributed by atoms with Gasteiger partial charge in [-0.25, -0.2) is 9.37 Å². The van der Waals surface area contributed by atoms with Crippen LogP contribution >= 0.6 is 0 Å². The molecule has 4 nitrogen and oxygen atoms in total. The van der Waals surface area contributed by atoms with Gasteiger partial charge < -0.3 is 10.0 Å². The van der Waals surface area contributed by atoms with Crippen LogP contribution in [0.15, 0.2) is 42.6 Å². The average Bonchev–Trinajstić information content (AvgIpc) is 2.68. The van der Waals surface area contributed by atoms with Crippen LogP contribution in [-0.4, -0.2) is 28.2 Å². The number of nitrogens with zero attached hydrogens (tertiary/aromatic N) is 3. The lowest BCUT2D eigenvalue weighted by Gasteiger charge is -2.27. The number of rotatable bonds is 3. The number of hydrogen-bond acceptors (Lipinski definition) is 4. The van der Waals surface area contributed by atoms with Crippen LogP contribution in [0.2, 0.25) is 0 Å². The first-order chi connectivity index (χ1) is 12.2. The smallest absolute Gasteiger partial charge is 0.147 e. The van der Waals surface area contributed by atoms with Crippen LogP contribution in [0.4, 0.5) is 10.2 Å². The van der Waals surface area contributed by atoms with Gasteiger partial charge in [0.15, 0.2) is 0 Å². The second kappa shape index (κ2) is 6.76. The first kappa shape index (κ1) is 16.0. The normalized spacial score (nSPS) is 14.9. The van der Waals surface area contributed by atoms with Gasteiger partial charge in [0.1, 0.15) is 11.6 Å². The Balaban J connectivity index is 1.73. The van der Waals surface area contributed by atoms with E-state index in [1.165, 1.54) is 25.3 Å². The van der Waals surface area contributed by atoms with Gasteiger partial charge in [0.25, 0.3) is 0 Å². The molecule has 1 aromatic heterocycles. The molecule has 0 radical (unpaired) electrons. The van der Waals surface area contributed by atoms with Crippen molar-refractivity contribution in [2.75, 3.05) is 18.0 Å². The molecule has 3 aromatic rings. The molecule has 1 aliphatic rings. The summed E-state index contributed by atoms with van der Waals surface area (Å²) in [5.74, 6) is 0.527. The molecule has 1 aliphatic heterocycles. The van der Waals surface area contributed by atoms with Crippen molar-refractivity contribution in [3.8, 4) is 11.1 Å². The van der Waals surface area contributed by atoms with Crippen LogP contribution in [0.25, 0.3) is 22.2 Å². The molecule has 1 fully saturated rings. The topological polar surface area (TPSA) is 49.3 Å². The number of anilines is 1. The molecular formula is C20H20FN3O. The zero-order valence-corrected chi connectivity index (χ0v) is 14.0. The number of fused-ring (bicyclic) bond motifs is 1. The highest BCUT2D eigenvalue weighted by molar-refractivity contribution is 5.82. The molecule has 2 aromatic carbocycles. The third-order valence-corrected chi connectivity index (χ3v) is 4.76. The third kappa shape index (κ3) is 3.20. The monoisotopic (exact) mass is 337 g/mol. The van der Waals surface area contributed by atoms with Crippen molar-refractivity contribution >= 4 is 16.9 Å². The SMILES string of the molecule is OCc1cc(-c2ccc3ncc(N4CCCCC4)nc3c2)ccc1F. The van der Waals surface area contributed by atoms with E-state index in [1.807, 2.05) is 24.4 Å². The van der Waals surface area contributed by atoms with Gasteiger partial charge in [0.05, 0.1) is 23.8 Å². The van der Waals surface area contributed by atoms with Crippen molar-refractivity contribution in [1.29, 1.82) is 0 Å². The average molecular weight is 337 g/mol. The maximum atomic E-state index is 13.6. The van der Waals surface area contributed by atoms with Crippen LogP contribution in [0.5, 0.6) is 0 Å². The van der Waals surface area contributed by atoms with Crippen LogP contribution in [0, 0.1) is 5.82 Å². The number of hydrogen-bond donors (Lipinski definition) is 1. The molecule has 0 aliphatic carbocycles. The minimum atomic E-state index is -0.390. The molecule has 0 amide bonds. The quantitative estimate of drug-likeness (QED) is 0.787. The van der Waals surface area contributed by atoms with Crippen LogP contribution in [0.1, 0.15) is 24.8 Å². The zero-order chi connectivity index (χ0) is 17.2. The molecule has 1 N–H and O–H groups in total. The number of piperidine rings is 1. The summed E-state index contributed by atoms with van der Waals surface area (Å²) in [5.41, 5.74) is 3.76. The first-order valence-corrected chi connectivity index (χ1v) is 8.66. The van der Waals surface area contributed by atoms with Crippen molar-refractivity contribution < 1.29 is 9.50 Å². The lowest BCUT2D eigenvalue weighted by Crippen LogP contribution is -2.30. The Kier molecular flexibility index (Phi) is 4.32. The number of benzene rings is 2. The van der Waals surface area contributed by atoms with Crippen LogP contribution < -0.4 is 4.90 Å². The fourth-order valence-electron chi connectivity index (χ4n) is 3.33. The summed E-state index contributed by atoms with van der Waals surface area (Å²) in [6, 6.07) is 10.6. The highest BCUT2D eigenvalue weighted by Gasteiger charge is 2.13. The fourth-order valence-corrected chi connectivity index (χ4v) is 3.33. The van der Waals surface area contributed by atoms with Gasteiger partial charge in [-0.15, -0.1) is 0 Å². The van der Waals surface area contributed by atoms with Crippen LogP contribution in [0.3, 0.4) is 0 Å². The second-order valence-corrected chi connectivity index (χ2v) is 6.44. The van der Waals surface area contributed by atoms with E-state index < -0.39 is 0 Å². The van der Waals surface area contributed by atoms with Gasteiger partial charge in [0.2, 0.25) is 0 Å².